The maximum atomic E-state index is 12.6. The van der Waals surface area contributed by atoms with Gasteiger partial charge in [-0.15, -0.1) is 0 Å². The van der Waals surface area contributed by atoms with Gasteiger partial charge in [0.2, 0.25) is 0 Å². The molecule has 0 saturated heterocycles. The highest BCUT2D eigenvalue weighted by Gasteiger charge is 2.20. The van der Waals surface area contributed by atoms with Gasteiger partial charge in [-0.2, -0.15) is 0 Å². The number of quaternary nitrogens is 1. The number of hydrogen-bond donors (Lipinski definition) is 0. The fraction of sp³-hybridized carbons (Fsp3) is 0.750. The summed E-state index contributed by atoms with van der Waals surface area (Å²) in [5, 5.41) is 0. The maximum Gasteiger partial charge on any atom is 0.306 e. The Morgan fingerprint density at radius 1 is 0.604 bits per heavy atom. The quantitative estimate of drug-likeness (QED) is 0.0154. The number of phosphoric ester groups is 1. The molecule has 0 bridgehead atoms. The van der Waals surface area contributed by atoms with Crippen molar-refractivity contribution >= 4 is 13.8 Å². The van der Waals surface area contributed by atoms with E-state index in [1.807, 2.05) is 27.2 Å². The van der Waals surface area contributed by atoms with Crippen LogP contribution in [0.2, 0.25) is 0 Å². The van der Waals surface area contributed by atoms with Gasteiger partial charge < -0.3 is 27.9 Å². The molecule has 0 rings (SSSR count). The molecule has 0 aromatic carbocycles. The zero-order valence-electron chi connectivity index (χ0n) is 34.7. The summed E-state index contributed by atoms with van der Waals surface area (Å²) in [4.78, 5) is 25.0. The van der Waals surface area contributed by atoms with Gasteiger partial charge in [0.05, 0.1) is 34.0 Å². The minimum absolute atomic E-state index is 0.00544. The molecule has 2 atom stereocenters. The van der Waals surface area contributed by atoms with Gasteiger partial charge in [0.25, 0.3) is 7.82 Å². The van der Waals surface area contributed by atoms with Gasteiger partial charge in [0.1, 0.15) is 19.8 Å². The molecule has 0 amide bonds. The highest BCUT2D eigenvalue weighted by molar-refractivity contribution is 7.45. The Bertz CT molecular complexity index is 1030. The summed E-state index contributed by atoms with van der Waals surface area (Å²) in [7, 11) is 1.29. The molecule has 8 nitrogen and oxygen atoms in total. The number of unbranched alkanes of at least 4 members (excludes halogenated alkanes) is 16. The third kappa shape index (κ3) is 41.1. The van der Waals surface area contributed by atoms with E-state index >= 15 is 0 Å². The van der Waals surface area contributed by atoms with Crippen LogP contribution in [0, 0.1) is 0 Å². The molecule has 1 unspecified atom stereocenters. The standard InChI is InChI=1S/C44H80NO7P/c1-6-8-10-12-14-16-18-20-22-23-24-25-27-29-31-33-35-37-44(46)52-43(42-51-53(47,48)50-40-38-45(3,4)5)41-49-39-36-34-32-30-28-26-21-19-17-15-13-11-9-7-2/h10,12,16,18,22-23,25,27,36,39,43H,6-9,11,13-15,17,19-21,24,26,28-35,37-38,40-42H2,1-5H3/b12-10+,18-16+,23-22+,27-25+,39-36+/t43-/m1/s1. The highest BCUT2D eigenvalue weighted by atomic mass is 31.2. The van der Waals surface area contributed by atoms with Crippen LogP contribution in [0.25, 0.3) is 0 Å². The number of likely N-dealkylation sites (N-methyl/N-ethyl adjacent to an activating group) is 1. The Morgan fingerprint density at radius 3 is 1.64 bits per heavy atom. The Balaban J connectivity index is 4.39. The Kier molecular flexibility index (Phi) is 35.6. The summed E-state index contributed by atoms with van der Waals surface area (Å²) in [6.07, 6.45) is 46.1. The van der Waals surface area contributed by atoms with E-state index in [-0.39, 0.29) is 32.2 Å². The predicted octanol–water partition coefficient (Wildman–Crippen LogP) is 11.9. The molecule has 0 fully saturated rings. The molecule has 0 aliphatic carbocycles. The molecule has 9 heteroatoms. The lowest BCUT2D eigenvalue weighted by molar-refractivity contribution is -0.870. The average Bonchev–Trinajstić information content (AvgIpc) is 3.11. The van der Waals surface area contributed by atoms with Gasteiger partial charge in [-0.1, -0.05) is 146 Å². The normalized spacial score (nSPS) is 14.4. The monoisotopic (exact) mass is 766 g/mol. The van der Waals surface area contributed by atoms with Gasteiger partial charge >= 0.3 is 5.97 Å². The first-order chi connectivity index (χ1) is 25.6. The van der Waals surface area contributed by atoms with Crippen LogP contribution in [0.15, 0.2) is 60.9 Å². The van der Waals surface area contributed by atoms with Crippen LogP contribution in [0.5, 0.6) is 0 Å². The number of carbonyl (C=O) groups is 1. The molecule has 0 N–H and O–H groups in total. The third-order valence-electron chi connectivity index (χ3n) is 8.62. The van der Waals surface area contributed by atoms with E-state index < -0.39 is 13.9 Å². The summed E-state index contributed by atoms with van der Waals surface area (Å²) in [5.41, 5.74) is 0. The number of allylic oxidation sites excluding steroid dienone is 9. The second-order valence-corrected chi connectivity index (χ2v) is 16.5. The minimum Gasteiger partial charge on any atom is -0.756 e. The SMILES string of the molecule is CCC/C=C/C/C=C/C/C=C/C/C=C/CCCCCC(=O)O[C@H](CO/C=C/CCCCCCCCCCCCCC)COP(=O)([O-])OCC[N+](C)(C)C. The van der Waals surface area contributed by atoms with Crippen molar-refractivity contribution in [3.63, 3.8) is 0 Å². The van der Waals surface area contributed by atoms with Gasteiger partial charge in [-0.3, -0.25) is 9.36 Å². The van der Waals surface area contributed by atoms with Crippen LogP contribution >= 0.6 is 7.82 Å². The minimum atomic E-state index is -4.55. The summed E-state index contributed by atoms with van der Waals surface area (Å²) < 4.78 is 34.2. The van der Waals surface area contributed by atoms with Crippen molar-refractivity contribution in [2.45, 2.75) is 168 Å². The number of ether oxygens (including phenoxy) is 2. The molecule has 53 heavy (non-hydrogen) atoms. The molecule has 0 aliphatic rings. The van der Waals surface area contributed by atoms with Gasteiger partial charge in [-0.05, 0) is 63.9 Å². The summed E-state index contributed by atoms with van der Waals surface area (Å²) in [5.74, 6) is -0.388. The summed E-state index contributed by atoms with van der Waals surface area (Å²) >= 11 is 0. The maximum absolute atomic E-state index is 12.6. The molecule has 0 radical (unpaired) electrons. The number of carbonyl (C=O) groups excluding carboxylic acids is 1. The molecule has 0 aromatic rings. The van der Waals surface area contributed by atoms with Crippen LogP contribution in [0.3, 0.4) is 0 Å². The first kappa shape index (κ1) is 51.0. The molecule has 0 heterocycles. The number of nitrogens with zero attached hydrogens (tertiary/aromatic N) is 1. The molecule has 308 valence electrons. The highest BCUT2D eigenvalue weighted by Crippen LogP contribution is 2.38. The van der Waals surface area contributed by atoms with E-state index in [2.05, 4.69) is 62.5 Å². The first-order valence-corrected chi connectivity index (χ1v) is 22.5. The molecule has 0 aromatic heterocycles. The third-order valence-corrected chi connectivity index (χ3v) is 9.58. The van der Waals surface area contributed by atoms with E-state index in [9.17, 15) is 14.3 Å². The molecule has 0 spiro atoms. The van der Waals surface area contributed by atoms with Gasteiger partial charge in [0.15, 0.2) is 6.10 Å². The van der Waals surface area contributed by atoms with Crippen molar-refractivity contribution in [1.82, 2.24) is 0 Å². The molecule has 0 aliphatic heterocycles. The Hall–Kier alpha value is -1.96. The Labute approximate surface area is 326 Å². The molecular formula is C44H80NO7P. The largest absolute Gasteiger partial charge is 0.756 e. The van der Waals surface area contributed by atoms with Crippen molar-refractivity contribution in [3.05, 3.63) is 60.9 Å². The lowest BCUT2D eigenvalue weighted by atomic mass is 10.0. The van der Waals surface area contributed by atoms with E-state index in [0.717, 1.165) is 57.8 Å². The zero-order chi connectivity index (χ0) is 39.1. The van der Waals surface area contributed by atoms with Crippen LogP contribution in [-0.4, -0.2) is 64.1 Å². The fourth-order valence-corrected chi connectivity index (χ4v) is 6.05. The zero-order valence-corrected chi connectivity index (χ0v) is 35.6. The second kappa shape index (κ2) is 37.0. The average molecular weight is 766 g/mol. The lowest BCUT2D eigenvalue weighted by Gasteiger charge is -2.28. The van der Waals surface area contributed by atoms with E-state index in [1.54, 1.807) is 6.26 Å². The van der Waals surface area contributed by atoms with Crippen LogP contribution < -0.4 is 4.89 Å². The van der Waals surface area contributed by atoms with E-state index in [0.29, 0.717) is 17.4 Å². The number of esters is 1. The predicted molar refractivity (Wildman–Crippen MR) is 221 cm³/mol. The van der Waals surface area contributed by atoms with Crippen LogP contribution in [0.1, 0.15) is 162 Å². The van der Waals surface area contributed by atoms with Gasteiger partial charge in [-0.25, -0.2) is 0 Å². The summed E-state index contributed by atoms with van der Waals surface area (Å²) in [6.45, 7) is 4.62. The van der Waals surface area contributed by atoms with Crippen molar-refractivity contribution in [3.8, 4) is 0 Å². The van der Waals surface area contributed by atoms with Crippen molar-refractivity contribution in [2.75, 3.05) is 47.5 Å². The number of hydrogen-bond acceptors (Lipinski definition) is 7. The number of phosphoric acid groups is 1. The molecule has 0 saturated carbocycles. The topological polar surface area (TPSA) is 94.1 Å². The number of rotatable bonds is 38. The van der Waals surface area contributed by atoms with Crippen molar-refractivity contribution < 1.29 is 37.3 Å². The van der Waals surface area contributed by atoms with Crippen molar-refractivity contribution in [2.24, 2.45) is 0 Å². The second-order valence-electron chi connectivity index (χ2n) is 15.1. The smallest absolute Gasteiger partial charge is 0.306 e. The van der Waals surface area contributed by atoms with E-state index in [4.69, 9.17) is 18.5 Å². The lowest BCUT2D eigenvalue weighted by Crippen LogP contribution is -2.37. The van der Waals surface area contributed by atoms with Gasteiger partial charge in [0, 0.05) is 6.42 Å². The van der Waals surface area contributed by atoms with Crippen LogP contribution in [-0.2, 0) is 27.9 Å². The fourth-order valence-electron chi connectivity index (χ4n) is 5.33. The summed E-state index contributed by atoms with van der Waals surface area (Å²) in [6, 6.07) is 0. The Morgan fingerprint density at radius 2 is 1.09 bits per heavy atom. The van der Waals surface area contributed by atoms with E-state index in [1.165, 1.54) is 77.0 Å². The first-order valence-electron chi connectivity index (χ1n) is 21.1. The van der Waals surface area contributed by atoms with Crippen molar-refractivity contribution in [1.29, 1.82) is 0 Å². The molecular weight excluding hydrogens is 685 g/mol. The van der Waals surface area contributed by atoms with Crippen LogP contribution in [0.4, 0.5) is 0 Å².